The van der Waals surface area contributed by atoms with Crippen LogP contribution in [-0.4, -0.2) is 16.1 Å². The molecule has 0 spiro atoms. The van der Waals surface area contributed by atoms with E-state index in [1.165, 1.54) is 10.8 Å². The summed E-state index contributed by atoms with van der Waals surface area (Å²) in [6.07, 6.45) is 2.03. The molecule has 0 bridgehead atoms. The van der Waals surface area contributed by atoms with Gasteiger partial charge in [0.15, 0.2) is 0 Å². The summed E-state index contributed by atoms with van der Waals surface area (Å²) in [5.41, 5.74) is 0. The monoisotopic (exact) mass is 132 g/mol. The maximum absolute atomic E-state index is 3.71. The third-order valence-corrected chi connectivity index (χ3v) is 3.71. The molecule has 1 saturated heterocycles. The normalized spacial score (nSPS) is 30.6. The van der Waals surface area contributed by atoms with Gasteiger partial charge in [0.25, 0.3) is 0 Å². The zero-order chi connectivity index (χ0) is 5.11. The van der Waals surface area contributed by atoms with Crippen LogP contribution in [0.2, 0.25) is 0 Å². The van der Waals surface area contributed by atoms with Crippen molar-refractivity contribution in [3.63, 3.8) is 0 Å². The minimum absolute atomic E-state index is 0.741. The zero-order valence-corrected chi connectivity index (χ0v) is 5.73. The van der Waals surface area contributed by atoms with Gasteiger partial charge in [-0.15, -0.1) is 30.1 Å². The van der Waals surface area contributed by atoms with Crippen LogP contribution >= 0.6 is 23.5 Å². The molecule has 1 aliphatic rings. The van der Waals surface area contributed by atoms with Crippen LogP contribution in [0.25, 0.3) is 0 Å². The van der Waals surface area contributed by atoms with Gasteiger partial charge in [0.05, 0.1) is 0 Å². The van der Waals surface area contributed by atoms with E-state index in [1.54, 1.807) is 0 Å². The predicted molar refractivity (Wildman–Crippen MR) is 38.9 cm³/mol. The molecule has 1 aliphatic heterocycles. The molecule has 0 radical (unpaired) electrons. The highest BCUT2D eigenvalue weighted by atomic mass is 32.2. The molecule has 1 heterocycles. The van der Waals surface area contributed by atoms with E-state index in [-0.39, 0.29) is 0 Å². The van der Waals surface area contributed by atoms with Gasteiger partial charge in [0, 0.05) is 16.1 Å². The standard InChI is InChI=1S/C5H8S2/c1-2-5-3-6-4-7-5/h2,5H,1,3-4H2. The highest BCUT2D eigenvalue weighted by molar-refractivity contribution is 8.19. The van der Waals surface area contributed by atoms with Crippen LogP contribution in [-0.2, 0) is 0 Å². The van der Waals surface area contributed by atoms with Crippen molar-refractivity contribution in [1.29, 1.82) is 0 Å². The van der Waals surface area contributed by atoms with E-state index >= 15 is 0 Å². The van der Waals surface area contributed by atoms with Crippen LogP contribution < -0.4 is 0 Å². The van der Waals surface area contributed by atoms with E-state index in [9.17, 15) is 0 Å². The summed E-state index contributed by atoms with van der Waals surface area (Å²) in [5, 5.41) is 2.00. The molecular formula is C5H8S2. The number of hydrogen-bond acceptors (Lipinski definition) is 2. The third-order valence-electron chi connectivity index (χ3n) is 0.910. The quantitative estimate of drug-likeness (QED) is 0.500. The fraction of sp³-hybridized carbons (Fsp3) is 0.600. The fourth-order valence-electron chi connectivity index (χ4n) is 0.484. The topological polar surface area (TPSA) is 0 Å². The second kappa shape index (κ2) is 2.68. The van der Waals surface area contributed by atoms with Crippen molar-refractivity contribution < 1.29 is 0 Å². The van der Waals surface area contributed by atoms with Crippen LogP contribution in [0.1, 0.15) is 0 Å². The Bertz CT molecular complexity index is 64.5. The first-order valence-corrected chi connectivity index (χ1v) is 4.46. The van der Waals surface area contributed by atoms with Crippen LogP contribution in [0.5, 0.6) is 0 Å². The maximum atomic E-state index is 3.71. The first kappa shape index (κ1) is 5.57. The first-order chi connectivity index (χ1) is 3.43. The lowest BCUT2D eigenvalue weighted by molar-refractivity contribution is 1.30. The summed E-state index contributed by atoms with van der Waals surface area (Å²) in [7, 11) is 0. The second-order valence-corrected chi connectivity index (χ2v) is 4.05. The van der Waals surface area contributed by atoms with Gasteiger partial charge in [-0.1, -0.05) is 6.08 Å². The minimum atomic E-state index is 0.741. The first-order valence-electron chi connectivity index (χ1n) is 2.25. The van der Waals surface area contributed by atoms with Crippen molar-refractivity contribution >= 4 is 23.5 Å². The molecule has 0 amide bonds. The number of hydrogen-bond donors (Lipinski definition) is 0. The lowest BCUT2D eigenvalue weighted by Crippen LogP contribution is -1.91. The fourth-order valence-corrected chi connectivity index (χ4v) is 3.13. The van der Waals surface area contributed by atoms with Crippen LogP contribution in [0.3, 0.4) is 0 Å². The van der Waals surface area contributed by atoms with Crippen molar-refractivity contribution in [1.82, 2.24) is 0 Å². The number of thioether (sulfide) groups is 2. The molecule has 0 aliphatic carbocycles. The van der Waals surface area contributed by atoms with Gasteiger partial charge in [0.1, 0.15) is 0 Å². The van der Waals surface area contributed by atoms with E-state index in [0.29, 0.717) is 0 Å². The van der Waals surface area contributed by atoms with E-state index in [0.717, 1.165) is 5.25 Å². The van der Waals surface area contributed by atoms with E-state index in [4.69, 9.17) is 0 Å². The van der Waals surface area contributed by atoms with Gasteiger partial charge in [0.2, 0.25) is 0 Å². The summed E-state index contributed by atoms with van der Waals surface area (Å²) in [5.74, 6) is 1.27. The Balaban J connectivity index is 2.26. The molecule has 1 fully saturated rings. The van der Waals surface area contributed by atoms with Gasteiger partial charge in [-0.3, -0.25) is 0 Å². The third kappa shape index (κ3) is 1.42. The predicted octanol–water partition coefficient (Wildman–Crippen LogP) is 1.98. The van der Waals surface area contributed by atoms with Crippen molar-refractivity contribution in [3.8, 4) is 0 Å². The molecule has 0 aromatic heterocycles. The Hall–Kier alpha value is 0.440. The lowest BCUT2D eigenvalue weighted by atomic mass is 10.5. The Labute approximate surface area is 52.7 Å². The summed E-state index contributed by atoms with van der Waals surface area (Å²) in [4.78, 5) is 0. The molecule has 0 nitrogen and oxygen atoms in total. The molecule has 2 heteroatoms. The summed E-state index contributed by atoms with van der Waals surface area (Å²) < 4.78 is 0. The summed E-state index contributed by atoms with van der Waals surface area (Å²) in [6, 6.07) is 0. The highest BCUT2D eigenvalue weighted by Gasteiger charge is 2.10. The second-order valence-electron chi connectivity index (χ2n) is 1.43. The highest BCUT2D eigenvalue weighted by Crippen LogP contribution is 2.29. The minimum Gasteiger partial charge on any atom is -0.150 e. The van der Waals surface area contributed by atoms with Gasteiger partial charge >= 0.3 is 0 Å². The van der Waals surface area contributed by atoms with Gasteiger partial charge in [-0.05, 0) is 0 Å². The molecule has 40 valence electrons. The molecule has 0 N–H and O–H groups in total. The molecule has 1 atom stereocenters. The maximum Gasteiger partial charge on any atom is 0.0398 e. The van der Waals surface area contributed by atoms with Crippen LogP contribution in [0.4, 0.5) is 0 Å². The Kier molecular flexibility index (Phi) is 2.13. The van der Waals surface area contributed by atoms with Crippen molar-refractivity contribution in [2.24, 2.45) is 0 Å². The largest absolute Gasteiger partial charge is 0.150 e. The molecule has 0 saturated carbocycles. The Morgan fingerprint density at radius 3 is 2.86 bits per heavy atom. The summed E-state index contributed by atoms with van der Waals surface area (Å²) >= 11 is 3.99. The van der Waals surface area contributed by atoms with E-state index < -0.39 is 0 Å². The Morgan fingerprint density at radius 1 is 1.71 bits per heavy atom. The van der Waals surface area contributed by atoms with E-state index in [1.807, 2.05) is 29.6 Å². The molecule has 0 aromatic carbocycles. The molecule has 7 heavy (non-hydrogen) atoms. The molecule has 1 unspecified atom stereocenters. The van der Waals surface area contributed by atoms with E-state index in [2.05, 4.69) is 6.58 Å². The average Bonchev–Trinajstić information content (AvgIpc) is 2.14. The lowest BCUT2D eigenvalue weighted by Gasteiger charge is -1.93. The zero-order valence-electron chi connectivity index (χ0n) is 4.09. The average molecular weight is 132 g/mol. The van der Waals surface area contributed by atoms with Crippen molar-refractivity contribution in [2.45, 2.75) is 5.25 Å². The Morgan fingerprint density at radius 2 is 2.57 bits per heavy atom. The SMILES string of the molecule is C=CC1CSCS1. The molecular weight excluding hydrogens is 124 g/mol. The smallest absolute Gasteiger partial charge is 0.0398 e. The van der Waals surface area contributed by atoms with Gasteiger partial charge in [-0.25, -0.2) is 0 Å². The molecule has 1 rings (SSSR count). The van der Waals surface area contributed by atoms with Gasteiger partial charge in [-0.2, -0.15) is 0 Å². The number of rotatable bonds is 1. The van der Waals surface area contributed by atoms with Crippen molar-refractivity contribution in [2.75, 3.05) is 10.8 Å². The van der Waals surface area contributed by atoms with Crippen LogP contribution in [0, 0.1) is 0 Å². The van der Waals surface area contributed by atoms with Gasteiger partial charge < -0.3 is 0 Å². The summed E-state index contributed by atoms with van der Waals surface area (Å²) in [6.45, 7) is 3.71. The van der Waals surface area contributed by atoms with Crippen molar-refractivity contribution in [3.05, 3.63) is 12.7 Å². The molecule has 0 aromatic rings. The van der Waals surface area contributed by atoms with Crippen LogP contribution in [0.15, 0.2) is 12.7 Å².